The second-order valence-electron chi connectivity index (χ2n) is 5.11. The molecule has 24 heavy (non-hydrogen) atoms. The summed E-state index contributed by atoms with van der Waals surface area (Å²) in [5, 5.41) is 5.01. The van der Waals surface area contributed by atoms with E-state index in [9.17, 15) is 4.79 Å². The van der Waals surface area contributed by atoms with Gasteiger partial charge in [0.15, 0.2) is 5.96 Å². The second kappa shape index (κ2) is 8.88. The largest absolute Gasteiger partial charge is 0.494 e. The third-order valence-corrected chi connectivity index (χ3v) is 3.79. The number of nitrogens with two attached hydrogens (primary N) is 2. The number of thiazole rings is 1. The number of anilines is 1. The van der Waals surface area contributed by atoms with Crippen LogP contribution in [0.3, 0.4) is 0 Å². The van der Waals surface area contributed by atoms with Crippen LogP contribution in [-0.2, 0) is 11.2 Å². The molecule has 1 heterocycles. The van der Waals surface area contributed by atoms with Gasteiger partial charge in [-0.2, -0.15) is 4.99 Å². The summed E-state index contributed by atoms with van der Waals surface area (Å²) in [7, 11) is 0. The van der Waals surface area contributed by atoms with E-state index in [2.05, 4.69) is 22.2 Å². The number of guanidine groups is 1. The van der Waals surface area contributed by atoms with E-state index in [0.717, 1.165) is 18.6 Å². The number of carbonyl (C=O) groups is 1. The monoisotopic (exact) mass is 347 g/mol. The fourth-order valence-corrected chi connectivity index (χ4v) is 2.58. The van der Waals surface area contributed by atoms with E-state index in [1.165, 1.54) is 11.3 Å². The minimum Gasteiger partial charge on any atom is -0.494 e. The average Bonchev–Trinajstić information content (AvgIpc) is 2.95. The zero-order chi connectivity index (χ0) is 17.4. The van der Waals surface area contributed by atoms with Gasteiger partial charge in [0.2, 0.25) is 11.0 Å². The van der Waals surface area contributed by atoms with Crippen molar-refractivity contribution in [3.63, 3.8) is 0 Å². The zero-order valence-electron chi connectivity index (χ0n) is 13.5. The van der Waals surface area contributed by atoms with Crippen LogP contribution in [0.1, 0.15) is 25.5 Å². The maximum atomic E-state index is 12.0. The lowest BCUT2D eigenvalue weighted by Gasteiger charge is -2.07. The van der Waals surface area contributed by atoms with Crippen molar-refractivity contribution in [1.82, 2.24) is 4.98 Å². The van der Waals surface area contributed by atoms with Crippen LogP contribution in [0.5, 0.6) is 5.75 Å². The van der Waals surface area contributed by atoms with Crippen LogP contribution >= 0.6 is 11.3 Å². The van der Waals surface area contributed by atoms with Crippen molar-refractivity contribution in [1.29, 1.82) is 0 Å². The number of unbranched alkanes of at least 4 members (excludes halogenated alkanes) is 1. The lowest BCUT2D eigenvalue weighted by atomic mass is 10.2. The highest BCUT2D eigenvalue weighted by Gasteiger charge is 2.08. The van der Waals surface area contributed by atoms with Crippen LogP contribution in [0.4, 0.5) is 10.8 Å². The number of aliphatic imine (C=N–C) groups is 1. The molecule has 8 heteroatoms. The van der Waals surface area contributed by atoms with Gasteiger partial charge in [0, 0.05) is 11.1 Å². The first-order valence-electron chi connectivity index (χ1n) is 7.63. The Morgan fingerprint density at radius 1 is 1.33 bits per heavy atom. The fourth-order valence-electron chi connectivity index (χ4n) is 1.88. The molecule has 128 valence electrons. The first kappa shape index (κ1) is 17.7. The SMILES string of the molecule is CCCCOc1ccc(NC(=O)Cc2csc(N=C(N)N)n2)cc1. The number of hydrogen-bond acceptors (Lipinski definition) is 5. The minimum atomic E-state index is -0.156. The Morgan fingerprint density at radius 3 is 2.75 bits per heavy atom. The molecule has 1 aromatic heterocycles. The van der Waals surface area contributed by atoms with Gasteiger partial charge in [-0.3, -0.25) is 4.79 Å². The van der Waals surface area contributed by atoms with Crippen molar-refractivity contribution in [3.05, 3.63) is 35.3 Å². The van der Waals surface area contributed by atoms with Gasteiger partial charge in [-0.25, -0.2) is 4.98 Å². The highest BCUT2D eigenvalue weighted by Crippen LogP contribution is 2.20. The zero-order valence-corrected chi connectivity index (χ0v) is 14.3. The van der Waals surface area contributed by atoms with Gasteiger partial charge < -0.3 is 21.5 Å². The smallest absolute Gasteiger partial charge is 0.230 e. The average molecular weight is 347 g/mol. The Kier molecular flexibility index (Phi) is 6.56. The van der Waals surface area contributed by atoms with Crippen molar-refractivity contribution < 1.29 is 9.53 Å². The molecule has 5 N–H and O–H groups in total. The van der Waals surface area contributed by atoms with E-state index in [1.807, 2.05) is 24.3 Å². The van der Waals surface area contributed by atoms with Crippen LogP contribution in [0.25, 0.3) is 0 Å². The normalized spacial score (nSPS) is 10.2. The lowest BCUT2D eigenvalue weighted by molar-refractivity contribution is -0.115. The third-order valence-electron chi connectivity index (χ3n) is 3.01. The van der Waals surface area contributed by atoms with E-state index in [4.69, 9.17) is 16.2 Å². The van der Waals surface area contributed by atoms with Crippen molar-refractivity contribution in [2.24, 2.45) is 16.5 Å². The highest BCUT2D eigenvalue weighted by atomic mass is 32.1. The summed E-state index contributed by atoms with van der Waals surface area (Å²) >= 11 is 1.28. The Hall–Kier alpha value is -2.61. The van der Waals surface area contributed by atoms with Gasteiger partial charge in [0.25, 0.3) is 0 Å². The molecule has 0 radical (unpaired) electrons. The van der Waals surface area contributed by atoms with E-state index in [1.54, 1.807) is 5.38 Å². The standard InChI is InChI=1S/C16H21N5O2S/c1-2-3-8-23-13-6-4-11(5-7-13)19-14(22)9-12-10-24-16(20-12)21-15(17)18/h4-7,10H,2-3,8-9H2,1H3,(H,19,22)(H4,17,18,20,21). The van der Waals surface area contributed by atoms with Crippen molar-refractivity contribution in [2.45, 2.75) is 26.2 Å². The van der Waals surface area contributed by atoms with E-state index >= 15 is 0 Å². The molecule has 0 fully saturated rings. The molecule has 1 aromatic carbocycles. The summed E-state index contributed by atoms with van der Waals surface area (Å²) in [6.45, 7) is 2.81. The van der Waals surface area contributed by atoms with Gasteiger partial charge in [0.05, 0.1) is 18.7 Å². The van der Waals surface area contributed by atoms with Crippen LogP contribution in [0.15, 0.2) is 34.6 Å². The van der Waals surface area contributed by atoms with Crippen molar-refractivity contribution in [3.8, 4) is 5.75 Å². The Balaban J connectivity index is 1.85. The number of benzene rings is 1. The second-order valence-corrected chi connectivity index (χ2v) is 5.95. The molecular weight excluding hydrogens is 326 g/mol. The number of aromatic nitrogens is 1. The van der Waals surface area contributed by atoms with Gasteiger partial charge in [-0.15, -0.1) is 11.3 Å². The molecule has 0 aliphatic carbocycles. The number of nitrogens with zero attached hydrogens (tertiary/aromatic N) is 2. The van der Waals surface area contributed by atoms with Crippen molar-refractivity contribution >= 4 is 34.0 Å². The van der Waals surface area contributed by atoms with Crippen LogP contribution in [0, 0.1) is 0 Å². The Morgan fingerprint density at radius 2 is 2.08 bits per heavy atom. The molecule has 1 amide bonds. The topological polar surface area (TPSA) is 116 Å². The molecule has 0 aliphatic heterocycles. The van der Waals surface area contributed by atoms with Crippen LogP contribution in [0.2, 0.25) is 0 Å². The molecule has 0 spiro atoms. The Bertz CT molecular complexity index is 693. The molecule has 0 atom stereocenters. The summed E-state index contributed by atoms with van der Waals surface area (Å²) in [6, 6.07) is 7.30. The molecule has 7 nitrogen and oxygen atoms in total. The summed E-state index contributed by atoms with van der Waals surface area (Å²) in [6.07, 6.45) is 2.27. The molecular formula is C16H21N5O2S. The molecule has 2 rings (SSSR count). The maximum Gasteiger partial charge on any atom is 0.230 e. The predicted octanol–water partition coefficient (Wildman–Crippen LogP) is 2.41. The fraction of sp³-hybridized carbons (Fsp3) is 0.312. The maximum absolute atomic E-state index is 12.0. The molecule has 0 saturated carbocycles. The molecule has 0 aliphatic rings. The molecule has 0 unspecified atom stereocenters. The summed E-state index contributed by atoms with van der Waals surface area (Å²) in [4.78, 5) is 20.1. The van der Waals surface area contributed by atoms with Gasteiger partial charge in [0.1, 0.15) is 5.75 Å². The number of rotatable bonds is 8. The van der Waals surface area contributed by atoms with Crippen LogP contribution in [-0.4, -0.2) is 23.5 Å². The number of carbonyl (C=O) groups excluding carboxylic acids is 1. The van der Waals surface area contributed by atoms with Gasteiger partial charge in [-0.1, -0.05) is 13.3 Å². The highest BCUT2D eigenvalue weighted by molar-refractivity contribution is 7.13. The lowest BCUT2D eigenvalue weighted by Crippen LogP contribution is -2.21. The summed E-state index contributed by atoms with van der Waals surface area (Å²) in [5.74, 6) is 0.584. The van der Waals surface area contributed by atoms with Gasteiger partial charge >= 0.3 is 0 Å². The first-order valence-corrected chi connectivity index (χ1v) is 8.51. The quantitative estimate of drug-likeness (QED) is 0.385. The predicted molar refractivity (Wildman–Crippen MR) is 96.8 cm³/mol. The Labute approximate surface area is 144 Å². The van der Waals surface area contributed by atoms with E-state index < -0.39 is 0 Å². The number of nitrogens with one attached hydrogen (secondary N) is 1. The van der Waals surface area contributed by atoms with Gasteiger partial charge in [-0.05, 0) is 30.7 Å². The minimum absolute atomic E-state index is 0.0541. The molecule has 2 aromatic rings. The third kappa shape index (κ3) is 5.88. The van der Waals surface area contributed by atoms with Crippen molar-refractivity contribution in [2.75, 3.05) is 11.9 Å². The number of hydrogen-bond donors (Lipinski definition) is 3. The first-order chi connectivity index (χ1) is 11.6. The number of amides is 1. The van der Waals surface area contributed by atoms with E-state index in [0.29, 0.717) is 23.1 Å². The molecule has 0 bridgehead atoms. The van der Waals surface area contributed by atoms with Crippen LogP contribution < -0.4 is 21.5 Å². The van der Waals surface area contributed by atoms with E-state index in [-0.39, 0.29) is 18.3 Å². The summed E-state index contributed by atoms with van der Waals surface area (Å²) < 4.78 is 5.58. The number of ether oxygens (including phenoxy) is 1. The summed E-state index contributed by atoms with van der Waals surface area (Å²) in [5.41, 5.74) is 11.9. The molecule has 0 saturated heterocycles.